The summed E-state index contributed by atoms with van der Waals surface area (Å²) < 4.78 is 1.46. The van der Waals surface area contributed by atoms with E-state index in [9.17, 15) is 9.59 Å². The molecule has 1 aromatic rings. The van der Waals surface area contributed by atoms with Gasteiger partial charge in [0.25, 0.3) is 5.56 Å². The second kappa shape index (κ2) is 4.77. The second-order valence-corrected chi connectivity index (χ2v) is 3.73. The molecule has 82 valence electrons. The Morgan fingerprint density at radius 1 is 1.53 bits per heavy atom. The van der Waals surface area contributed by atoms with Crippen molar-refractivity contribution in [1.29, 1.82) is 0 Å². The van der Waals surface area contributed by atoms with Crippen molar-refractivity contribution in [1.82, 2.24) is 4.57 Å². The Balaban J connectivity index is 3.00. The van der Waals surface area contributed by atoms with Crippen LogP contribution in [0.3, 0.4) is 0 Å². The van der Waals surface area contributed by atoms with Gasteiger partial charge in [-0.15, -0.1) is 0 Å². The Bertz CT molecular complexity index is 409. The van der Waals surface area contributed by atoms with E-state index in [1.807, 2.05) is 13.8 Å². The van der Waals surface area contributed by atoms with Crippen LogP contribution < -0.4 is 5.56 Å². The standard InChI is InChI=1S/C11H15NO3/c1-3-8(2)6-12-7-9(11(14)15)4-5-10(12)13/h4-5,7-8H,3,6H2,1-2H3,(H,14,15). The molecule has 0 aliphatic rings. The van der Waals surface area contributed by atoms with Crippen LogP contribution in [0.15, 0.2) is 23.1 Å². The fraction of sp³-hybridized carbons (Fsp3) is 0.455. The van der Waals surface area contributed by atoms with Crippen LogP contribution in [-0.2, 0) is 6.54 Å². The van der Waals surface area contributed by atoms with E-state index in [1.165, 1.54) is 22.9 Å². The van der Waals surface area contributed by atoms with Gasteiger partial charge in [0.2, 0.25) is 0 Å². The molecule has 1 N–H and O–H groups in total. The first-order valence-corrected chi connectivity index (χ1v) is 4.98. The molecule has 1 heterocycles. The summed E-state index contributed by atoms with van der Waals surface area (Å²) in [6, 6.07) is 2.63. The van der Waals surface area contributed by atoms with E-state index in [1.54, 1.807) is 0 Å². The quantitative estimate of drug-likeness (QED) is 0.819. The van der Waals surface area contributed by atoms with Crippen LogP contribution in [0.4, 0.5) is 0 Å². The monoisotopic (exact) mass is 209 g/mol. The Hall–Kier alpha value is -1.58. The van der Waals surface area contributed by atoms with Gasteiger partial charge in [-0.3, -0.25) is 4.79 Å². The molecule has 4 nitrogen and oxygen atoms in total. The summed E-state index contributed by atoms with van der Waals surface area (Å²) in [5.74, 6) is -0.639. The maximum atomic E-state index is 11.4. The normalized spacial score (nSPS) is 12.4. The zero-order valence-corrected chi connectivity index (χ0v) is 8.93. The van der Waals surface area contributed by atoms with Gasteiger partial charge >= 0.3 is 5.97 Å². The molecule has 1 unspecified atom stereocenters. The van der Waals surface area contributed by atoms with Crippen LogP contribution in [0.25, 0.3) is 0 Å². The highest BCUT2D eigenvalue weighted by molar-refractivity contribution is 5.87. The lowest BCUT2D eigenvalue weighted by molar-refractivity contribution is 0.0695. The molecule has 0 aliphatic heterocycles. The smallest absolute Gasteiger partial charge is 0.337 e. The Kier molecular flexibility index (Phi) is 3.66. The number of rotatable bonds is 4. The first-order valence-electron chi connectivity index (χ1n) is 4.98. The van der Waals surface area contributed by atoms with Crippen molar-refractivity contribution in [3.63, 3.8) is 0 Å². The lowest BCUT2D eigenvalue weighted by Gasteiger charge is -2.11. The van der Waals surface area contributed by atoms with Crippen molar-refractivity contribution in [3.8, 4) is 0 Å². The highest BCUT2D eigenvalue weighted by Gasteiger charge is 2.07. The van der Waals surface area contributed by atoms with E-state index >= 15 is 0 Å². The first kappa shape index (κ1) is 11.5. The summed E-state index contributed by atoms with van der Waals surface area (Å²) in [6.07, 6.45) is 2.36. The second-order valence-electron chi connectivity index (χ2n) is 3.73. The van der Waals surface area contributed by atoms with E-state index in [4.69, 9.17) is 5.11 Å². The third kappa shape index (κ3) is 2.94. The molecule has 0 amide bonds. The SMILES string of the molecule is CCC(C)Cn1cc(C(=O)O)ccc1=O. The third-order valence-electron chi connectivity index (χ3n) is 2.44. The number of hydrogen-bond donors (Lipinski definition) is 1. The van der Waals surface area contributed by atoms with E-state index in [2.05, 4.69) is 0 Å². The van der Waals surface area contributed by atoms with Crippen molar-refractivity contribution in [2.75, 3.05) is 0 Å². The van der Waals surface area contributed by atoms with Gasteiger partial charge in [0.1, 0.15) is 0 Å². The Morgan fingerprint density at radius 3 is 2.73 bits per heavy atom. The van der Waals surface area contributed by atoms with Crippen molar-refractivity contribution in [2.45, 2.75) is 26.8 Å². The molecule has 4 heteroatoms. The highest BCUT2D eigenvalue weighted by Crippen LogP contribution is 2.04. The summed E-state index contributed by atoms with van der Waals surface area (Å²) in [5, 5.41) is 8.78. The number of carbonyl (C=O) groups is 1. The largest absolute Gasteiger partial charge is 0.478 e. The van der Waals surface area contributed by atoms with Crippen LogP contribution in [0, 0.1) is 5.92 Å². The van der Waals surface area contributed by atoms with E-state index in [0.717, 1.165) is 6.42 Å². The van der Waals surface area contributed by atoms with Gasteiger partial charge < -0.3 is 9.67 Å². The molecule has 0 fully saturated rings. The predicted molar refractivity (Wildman–Crippen MR) is 57.1 cm³/mol. The summed E-state index contributed by atoms with van der Waals surface area (Å²) in [5.41, 5.74) is -0.00166. The number of carboxylic acid groups (broad SMARTS) is 1. The highest BCUT2D eigenvalue weighted by atomic mass is 16.4. The molecule has 1 aromatic heterocycles. The van der Waals surface area contributed by atoms with Crippen LogP contribution in [0.1, 0.15) is 30.6 Å². The summed E-state index contributed by atoms with van der Waals surface area (Å²) in [6.45, 7) is 4.63. The number of pyridine rings is 1. The molecular formula is C11H15NO3. The number of aromatic nitrogens is 1. The van der Waals surface area contributed by atoms with Crippen LogP contribution >= 0.6 is 0 Å². The molecule has 0 spiro atoms. The summed E-state index contributed by atoms with van der Waals surface area (Å²) >= 11 is 0. The predicted octanol–water partition coefficient (Wildman–Crippen LogP) is 1.59. The zero-order chi connectivity index (χ0) is 11.4. The van der Waals surface area contributed by atoms with Crippen LogP contribution in [-0.4, -0.2) is 15.6 Å². The summed E-state index contributed by atoms with van der Waals surface area (Å²) in [4.78, 5) is 22.1. The van der Waals surface area contributed by atoms with Crippen LogP contribution in [0.5, 0.6) is 0 Å². The molecule has 0 saturated heterocycles. The van der Waals surface area contributed by atoms with Crippen LogP contribution in [0.2, 0.25) is 0 Å². The lowest BCUT2D eigenvalue weighted by atomic mass is 10.1. The molecule has 1 rings (SSSR count). The average molecular weight is 209 g/mol. The number of aromatic carboxylic acids is 1. The topological polar surface area (TPSA) is 59.3 Å². The maximum absolute atomic E-state index is 11.4. The maximum Gasteiger partial charge on any atom is 0.337 e. The molecule has 0 bridgehead atoms. The molecular weight excluding hydrogens is 194 g/mol. The number of carboxylic acids is 1. The third-order valence-corrected chi connectivity index (χ3v) is 2.44. The molecule has 15 heavy (non-hydrogen) atoms. The number of hydrogen-bond acceptors (Lipinski definition) is 2. The summed E-state index contributed by atoms with van der Waals surface area (Å²) in [7, 11) is 0. The van der Waals surface area contributed by atoms with Crippen molar-refractivity contribution >= 4 is 5.97 Å². The minimum atomic E-state index is -1.01. The minimum absolute atomic E-state index is 0.151. The van der Waals surface area contributed by atoms with Crippen molar-refractivity contribution in [2.24, 2.45) is 5.92 Å². The van der Waals surface area contributed by atoms with Gasteiger partial charge in [-0.25, -0.2) is 4.79 Å². The first-order chi connectivity index (χ1) is 7.04. The fourth-order valence-electron chi connectivity index (χ4n) is 1.27. The van der Waals surface area contributed by atoms with E-state index in [-0.39, 0.29) is 11.1 Å². The van der Waals surface area contributed by atoms with Gasteiger partial charge in [0, 0.05) is 18.8 Å². The fourth-order valence-corrected chi connectivity index (χ4v) is 1.27. The van der Waals surface area contributed by atoms with Gasteiger partial charge in [-0.05, 0) is 12.0 Å². The lowest BCUT2D eigenvalue weighted by Crippen LogP contribution is -2.23. The van der Waals surface area contributed by atoms with Gasteiger partial charge in [-0.1, -0.05) is 20.3 Å². The molecule has 1 atom stereocenters. The molecule has 0 aromatic carbocycles. The molecule has 0 radical (unpaired) electrons. The van der Waals surface area contributed by atoms with E-state index < -0.39 is 5.97 Å². The van der Waals surface area contributed by atoms with Gasteiger partial charge in [-0.2, -0.15) is 0 Å². The van der Waals surface area contributed by atoms with E-state index in [0.29, 0.717) is 12.5 Å². The average Bonchev–Trinajstić information content (AvgIpc) is 2.20. The minimum Gasteiger partial charge on any atom is -0.478 e. The van der Waals surface area contributed by atoms with Gasteiger partial charge in [0.15, 0.2) is 0 Å². The zero-order valence-electron chi connectivity index (χ0n) is 8.93. The molecule has 0 aliphatic carbocycles. The van der Waals surface area contributed by atoms with Crippen molar-refractivity contribution in [3.05, 3.63) is 34.2 Å². The van der Waals surface area contributed by atoms with Crippen molar-refractivity contribution < 1.29 is 9.90 Å². The van der Waals surface area contributed by atoms with Gasteiger partial charge in [0.05, 0.1) is 5.56 Å². The molecule has 0 saturated carbocycles. The Morgan fingerprint density at radius 2 is 2.20 bits per heavy atom. The number of nitrogens with zero attached hydrogens (tertiary/aromatic N) is 1. The Labute approximate surface area is 88.2 Å².